The lowest BCUT2D eigenvalue weighted by atomic mass is 9.96. The van der Waals surface area contributed by atoms with Crippen LogP contribution in [0.15, 0.2) is 29.3 Å². The molecule has 1 N–H and O–H groups in total. The summed E-state index contributed by atoms with van der Waals surface area (Å²) in [4.78, 5) is 16.2. The van der Waals surface area contributed by atoms with Crippen molar-refractivity contribution in [3.63, 3.8) is 0 Å². The molecule has 2 rings (SSSR count). The molecule has 102 valence electrons. The Kier molecular flexibility index (Phi) is 3.94. The fourth-order valence-electron chi connectivity index (χ4n) is 1.73. The summed E-state index contributed by atoms with van der Waals surface area (Å²) in [6.45, 7) is 6.16. The number of hydrogen-bond donors (Lipinski definition) is 1. The molecule has 1 amide bonds. The number of benzene rings is 1. The third-order valence-corrected chi connectivity index (χ3v) is 4.94. The van der Waals surface area contributed by atoms with Gasteiger partial charge in [0.15, 0.2) is 5.17 Å². The van der Waals surface area contributed by atoms with Gasteiger partial charge in [0, 0.05) is 5.56 Å². The van der Waals surface area contributed by atoms with Crippen LogP contribution in [0.3, 0.4) is 0 Å². The van der Waals surface area contributed by atoms with E-state index in [-0.39, 0.29) is 24.2 Å². The van der Waals surface area contributed by atoms with E-state index in [0.717, 1.165) is 0 Å². The van der Waals surface area contributed by atoms with Crippen LogP contribution in [0.1, 0.15) is 26.3 Å². The van der Waals surface area contributed by atoms with Crippen LogP contribution in [0, 0.1) is 11.7 Å². The number of halogens is 1. The predicted octanol–water partition coefficient (Wildman–Crippen LogP) is 2.96. The first-order chi connectivity index (χ1) is 8.93. The van der Waals surface area contributed by atoms with Gasteiger partial charge in [-0.15, -0.1) is 0 Å². The van der Waals surface area contributed by atoms with Gasteiger partial charge in [-0.3, -0.25) is 9.79 Å². The second-order valence-corrected chi connectivity index (χ2v) is 6.47. The predicted molar refractivity (Wildman–Crippen MR) is 76.5 cm³/mol. The number of amides is 1. The van der Waals surface area contributed by atoms with Crippen LogP contribution < -0.4 is 5.32 Å². The molecule has 1 aromatic carbocycles. The molecule has 1 heterocycles. The number of nitrogens with one attached hydrogen (secondary N) is 1. The maximum absolute atomic E-state index is 13.5. The van der Waals surface area contributed by atoms with Gasteiger partial charge in [-0.25, -0.2) is 4.39 Å². The SMILES string of the molecule is CC(C)[C@@]1(C)SC(=NCc2ccccc2F)NC1=O. The summed E-state index contributed by atoms with van der Waals surface area (Å²) in [6, 6.07) is 6.53. The van der Waals surface area contributed by atoms with Crippen molar-refractivity contribution in [3.05, 3.63) is 35.6 Å². The van der Waals surface area contributed by atoms with E-state index in [9.17, 15) is 9.18 Å². The Morgan fingerprint density at radius 3 is 2.68 bits per heavy atom. The molecule has 1 fully saturated rings. The van der Waals surface area contributed by atoms with E-state index in [1.54, 1.807) is 18.2 Å². The maximum Gasteiger partial charge on any atom is 0.242 e. The van der Waals surface area contributed by atoms with Gasteiger partial charge in [-0.1, -0.05) is 43.8 Å². The van der Waals surface area contributed by atoms with Crippen molar-refractivity contribution in [2.24, 2.45) is 10.9 Å². The van der Waals surface area contributed by atoms with Crippen LogP contribution in [0.4, 0.5) is 4.39 Å². The summed E-state index contributed by atoms with van der Waals surface area (Å²) in [5.41, 5.74) is 0.531. The summed E-state index contributed by atoms with van der Waals surface area (Å²) in [5, 5.41) is 3.34. The molecule has 1 aromatic rings. The van der Waals surface area contributed by atoms with Crippen molar-refractivity contribution >= 4 is 22.8 Å². The molecule has 5 heteroatoms. The second kappa shape index (κ2) is 5.33. The number of rotatable bonds is 3. The van der Waals surface area contributed by atoms with E-state index in [0.29, 0.717) is 10.7 Å². The summed E-state index contributed by atoms with van der Waals surface area (Å²) < 4.78 is 13.0. The first-order valence-electron chi connectivity index (χ1n) is 6.22. The Morgan fingerprint density at radius 1 is 1.42 bits per heavy atom. The molecule has 0 bridgehead atoms. The Bertz CT molecular complexity index is 530. The lowest BCUT2D eigenvalue weighted by Crippen LogP contribution is -2.38. The maximum atomic E-state index is 13.5. The average molecular weight is 280 g/mol. The van der Waals surface area contributed by atoms with Gasteiger partial charge in [0.2, 0.25) is 5.91 Å². The zero-order valence-corrected chi connectivity index (χ0v) is 12.1. The molecular weight excluding hydrogens is 263 g/mol. The van der Waals surface area contributed by atoms with Crippen molar-refractivity contribution in [2.45, 2.75) is 32.1 Å². The molecule has 1 aliphatic heterocycles. The van der Waals surface area contributed by atoms with Gasteiger partial charge < -0.3 is 5.32 Å². The highest BCUT2D eigenvalue weighted by molar-refractivity contribution is 8.16. The molecule has 1 atom stereocenters. The molecule has 0 aromatic heterocycles. The van der Waals surface area contributed by atoms with E-state index in [1.807, 2.05) is 20.8 Å². The standard InChI is InChI=1S/C14H17FN2OS/c1-9(2)14(3)12(18)17-13(19-14)16-8-10-6-4-5-7-11(10)15/h4-7,9H,8H2,1-3H3,(H,16,17,18)/t14-/m1/s1. The number of carbonyl (C=O) groups is 1. The largest absolute Gasteiger partial charge is 0.304 e. The van der Waals surface area contributed by atoms with Gasteiger partial charge in [0.25, 0.3) is 0 Å². The van der Waals surface area contributed by atoms with Crippen LogP contribution >= 0.6 is 11.8 Å². The number of nitrogens with zero attached hydrogens (tertiary/aromatic N) is 1. The van der Waals surface area contributed by atoms with Crippen molar-refractivity contribution in [1.82, 2.24) is 5.32 Å². The number of thioether (sulfide) groups is 1. The smallest absolute Gasteiger partial charge is 0.242 e. The van der Waals surface area contributed by atoms with E-state index < -0.39 is 4.75 Å². The second-order valence-electron chi connectivity index (χ2n) is 5.03. The van der Waals surface area contributed by atoms with Gasteiger partial charge in [-0.05, 0) is 18.9 Å². The molecule has 1 saturated heterocycles. The number of hydrogen-bond acceptors (Lipinski definition) is 3. The van der Waals surface area contributed by atoms with Crippen LogP contribution in [-0.4, -0.2) is 15.8 Å². The fourth-order valence-corrected chi connectivity index (χ4v) is 2.78. The van der Waals surface area contributed by atoms with Crippen LogP contribution in [0.25, 0.3) is 0 Å². The zero-order chi connectivity index (χ0) is 14.0. The van der Waals surface area contributed by atoms with Gasteiger partial charge in [0.05, 0.1) is 6.54 Å². The number of amidine groups is 1. The Hall–Kier alpha value is -1.36. The van der Waals surface area contributed by atoms with Gasteiger partial charge in [-0.2, -0.15) is 0 Å². The average Bonchev–Trinajstić information content (AvgIpc) is 2.65. The molecule has 3 nitrogen and oxygen atoms in total. The first kappa shape index (κ1) is 14.1. The molecule has 0 saturated carbocycles. The van der Waals surface area contributed by atoms with Crippen LogP contribution in [-0.2, 0) is 11.3 Å². The highest BCUT2D eigenvalue weighted by atomic mass is 32.2. The Balaban J connectivity index is 2.11. The summed E-state index contributed by atoms with van der Waals surface area (Å²) in [7, 11) is 0. The van der Waals surface area contributed by atoms with Crippen LogP contribution in [0.5, 0.6) is 0 Å². The van der Waals surface area contributed by atoms with Gasteiger partial charge >= 0.3 is 0 Å². The normalized spacial score (nSPS) is 25.1. The Labute approximate surface area is 116 Å². The van der Waals surface area contributed by atoms with E-state index in [1.165, 1.54) is 17.8 Å². The molecule has 0 aliphatic carbocycles. The Morgan fingerprint density at radius 2 is 2.11 bits per heavy atom. The molecular formula is C14H17FN2OS. The minimum absolute atomic E-state index is 0.0280. The molecule has 1 aliphatic rings. The third kappa shape index (κ3) is 2.81. The summed E-state index contributed by atoms with van der Waals surface area (Å²) >= 11 is 1.42. The lowest BCUT2D eigenvalue weighted by molar-refractivity contribution is -0.122. The van der Waals surface area contributed by atoms with Crippen LogP contribution in [0.2, 0.25) is 0 Å². The third-order valence-electron chi connectivity index (χ3n) is 3.43. The molecule has 19 heavy (non-hydrogen) atoms. The van der Waals surface area contributed by atoms with E-state index >= 15 is 0 Å². The van der Waals surface area contributed by atoms with Gasteiger partial charge in [0.1, 0.15) is 10.6 Å². The first-order valence-corrected chi connectivity index (χ1v) is 7.03. The molecule has 0 radical (unpaired) electrons. The monoisotopic (exact) mass is 280 g/mol. The fraction of sp³-hybridized carbons (Fsp3) is 0.429. The topological polar surface area (TPSA) is 41.5 Å². The van der Waals surface area contributed by atoms with Crippen molar-refractivity contribution < 1.29 is 9.18 Å². The highest BCUT2D eigenvalue weighted by Crippen LogP contribution is 2.38. The lowest BCUT2D eigenvalue weighted by Gasteiger charge is -2.22. The summed E-state index contributed by atoms with van der Waals surface area (Å²) in [6.07, 6.45) is 0. The van der Waals surface area contributed by atoms with E-state index in [4.69, 9.17) is 0 Å². The van der Waals surface area contributed by atoms with Crippen molar-refractivity contribution in [1.29, 1.82) is 0 Å². The minimum Gasteiger partial charge on any atom is -0.304 e. The van der Waals surface area contributed by atoms with E-state index in [2.05, 4.69) is 10.3 Å². The number of aliphatic imine (C=N–C) groups is 1. The molecule has 0 unspecified atom stereocenters. The quantitative estimate of drug-likeness (QED) is 0.925. The number of carbonyl (C=O) groups excluding carboxylic acids is 1. The zero-order valence-electron chi connectivity index (χ0n) is 11.2. The van der Waals surface area contributed by atoms with Crippen molar-refractivity contribution in [2.75, 3.05) is 0 Å². The highest BCUT2D eigenvalue weighted by Gasteiger charge is 2.44. The van der Waals surface area contributed by atoms with Crippen molar-refractivity contribution in [3.8, 4) is 0 Å². The molecule has 0 spiro atoms. The summed E-state index contributed by atoms with van der Waals surface area (Å²) in [5.74, 6) is -0.0914. The minimum atomic E-state index is -0.492.